The van der Waals surface area contributed by atoms with E-state index < -0.39 is 0 Å². The van der Waals surface area contributed by atoms with Crippen LogP contribution in [-0.2, 0) is 0 Å². The number of ketones is 1. The average Bonchev–Trinajstić information content (AvgIpc) is 2.28. The van der Waals surface area contributed by atoms with Gasteiger partial charge in [-0.15, -0.1) is 12.4 Å². The lowest BCUT2D eigenvalue weighted by Crippen LogP contribution is -2.26. The van der Waals surface area contributed by atoms with Gasteiger partial charge in [-0.05, 0) is 12.8 Å². The van der Waals surface area contributed by atoms with E-state index >= 15 is 0 Å². The zero-order valence-electron chi connectivity index (χ0n) is 9.62. The zero-order chi connectivity index (χ0) is 10.6. The number of hydrogen-bond donors (Lipinski definition) is 0. The number of hydrogen-bond acceptors (Lipinski definition) is 1. The Hall–Kier alpha value is -0.820. The van der Waals surface area contributed by atoms with Crippen LogP contribution in [0.5, 0.6) is 0 Å². The van der Waals surface area contributed by atoms with E-state index in [4.69, 9.17) is 0 Å². The predicted octanol–water partition coefficient (Wildman–Crippen LogP) is 4.12. The van der Waals surface area contributed by atoms with Gasteiger partial charge in [-0.1, -0.05) is 51.1 Å². The molecule has 0 unspecified atom stereocenters. The highest BCUT2D eigenvalue weighted by atomic mass is 35.5. The van der Waals surface area contributed by atoms with Crippen LogP contribution in [0.15, 0.2) is 30.3 Å². The van der Waals surface area contributed by atoms with Crippen molar-refractivity contribution in [1.29, 1.82) is 0 Å². The third-order valence-corrected chi connectivity index (χ3v) is 3.14. The first-order chi connectivity index (χ1) is 6.64. The molecule has 0 aliphatic heterocycles. The molecule has 0 heterocycles. The van der Waals surface area contributed by atoms with Crippen molar-refractivity contribution >= 4 is 18.2 Å². The molecule has 0 fully saturated rings. The number of carbonyl (C=O) groups excluding carboxylic acids is 1. The molecule has 2 heteroatoms. The standard InChI is InChI=1S/C13H18O.ClH/c1-4-13(3,5-2)12(14)11-9-7-6-8-10-11;/h6-10H,4-5H2,1-3H3;1H. The minimum absolute atomic E-state index is 0. The van der Waals surface area contributed by atoms with Gasteiger partial charge in [-0.3, -0.25) is 4.79 Å². The van der Waals surface area contributed by atoms with Crippen molar-refractivity contribution in [1.82, 2.24) is 0 Å². The van der Waals surface area contributed by atoms with E-state index in [0.717, 1.165) is 18.4 Å². The van der Waals surface area contributed by atoms with Crippen molar-refractivity contribution in [2.24, 2.45) is 5.41 Å². The molecule has 0 radical (unpaired) electrons. The molecule has 15 heavy (non-hydrogen) atoms. The van der Waals surface area contributed by atoms with Crippen molar-refractivity contribution in [2.45, 2.75) is 33.6 Å². The second-order valence-corrected chi connectivity index (χ2v) is 3.96. The van der Waals surface area contributed by atoms with Crippen molar-refractivity contribution in [3.05, 3.63) is 35.9 Å². The molecule has 0 N–H and O–H groups in total. The molecule has 1 aromatic carbocycles. The van der Waals surface area contributed by atoms with Crippen LogP contribution in [-0.4, -0.2) is 5.78 Å². The molecule has 0 bridgehead atoms. The van der Waals surface area contributed by atoms with E-state index in [-0.39, 0.29) is 23.6 Å². The number of rotatable bonds is 4. The molecule has 1 rings (SSSR count). The second kappa shape index (κ2) is 5.92. The molecule has 0 aliphatic carbocycles. The Kier molecular flexibility index (Phi) is 5.59. The lowest BCUT2D eigenvalue weighted by atomic mass is 9.78. The summed E-state index contributed by atoms with van der Waals surface area (Å²) in [5, 5.41) is 0. The highest BCUT2D eigenvalue weighted by molar-refractivity contribution is 6.00. The van der Waals surface area contributed by atoms with Crippen molar-refractivity contribution in [2.75, 3.05) is 0 Å². The van der Waals surface area contributed by atoms with Crippen LogP contribution < -0.4 is 0 Å². The number of carbonyl (C=O) groups is 1. The predicted molar refractivity (Wildman–Crippen MR) is 66.7 cm³/mol. The molecule has 1 nitrogen and oxygen atoms in total. The SMILES string of the molecule is CCC(C)(CC)C(=O)c1ccccc1.Cl. The summed E-state index contributed by atoms with van der Waals surface area (Å²) in [6.07, 6.45) is 1.80. The number of Topliss-reactive ketones (excluding diaryl/α,β-unsaturated/α-hetero) is 1. The molecule has 0 saturated carbocycles. The van der Waals surface area contributed by atoms with Crippen LogP contribution in [0.1, 0.15) is 44.0 Å². The highest BCUT2D eigenvalue weighted by Gasteiger charge is 2.29. The maximum Gasteiger partial charge on any atom is 0.168 e. The van der Waals surface area contributed by atoms with Crippen LogP contribution in [0.3, 0.4) is 0 Å². The van der Waals surface area contributed by atoms with Crippen molar-refractivity contribution in [3.8, 4) is 0 Å². The van der Waals surface area contributed by atoms with Crippen LogP contribution in [0, 0.1) is 5.41 Å². The maximum atomic E-state index is 12.1. The average molecular weight is 227 g/mol. The van der Waals surface area contributed by atoms with Crippen LogP contribution >= 0.6 is 12.4 Å². The van der Waals surface area contributed by atoms with Gasteiger partial charge in [0.15, 0.2) is 5.78 Å². The topological polar surface area (TPSA) is 17.1 Å². The molecule has 0 atom stereocenters. The first kappa shape index (κ1) is 14.2. The van der Waals surface area contributed by atoms with Gasteiger partial charge in [-0.2, -0.15) is 0 Å². The quantitative estimate of drug-likeness (QED) is 0.706. The van der Waals surface area contributed by atoms with Gasteiger partial charge in [0.25, 0.3) is 0 Å². The van der Waals surface area contributed by atoms with E-state index in [1.165, 1.54) is 0 Å². The summed E-state index contributed by atoms with van der Waals surface area (Å²) >= 11 is 0. The molecule has 0 amide bonds. The van der Waals surface area contributed by atoms with Crippen molar-refractivity contribution < 1.29 is 4.79 Å². The summed E-state index contributed by atoms with van der Waals surface area (Å²) in [4.78, 5) is 12.1. The van der Waals surface area contributed by atoms with Crippen LogP contribution in [0.2, 0.25) is 0 Å². The van der Waals surface area contributed by atoms with Gasteiger partial charge in [0.05, 0.1) is 0 Å². The first-order valence-electron chi connectivity index (χ1n) is 5.24. The first-order valence-corrected chi connectivity index (χ1v) is 5.24. The lowest BCUT2D eigenvalue weighted by molar-refractivity contribution is 0.0803. The Bertz CT molecular complexity index is 302. The molecular formula is C13H19ClO. The fourth-order valence-electron chi connectivity index (χ4n) is 1.51. The van der Waals surface area contributed by atoms with Crippen LogP contribution in [0.25, 0.3) is 0 Å². The third kappa shape index (κ3) is 3.07. The highest BCUT2D eigenvalue weighted by Crippen LogP contribution is 2.29. The van der Waals surface area contributed by atoms with Gasteiger partial charge in [0, 0.05) is 11.0 Å². The third-order valence-electron chi connectivity index (χ3n) is 3.14. The van der Waals surface area contributed by atoms with Gasteiger partial charge in [-0.25, -0.2) is 0 Å². The maximum absolute atomic E-state index is 12.1. The smallest absolute Gasteiger partial charge is 0.168 e. The fraction of sp³-hybridized carbons (Fsp3) is 0.462. The molecule has 0 aliphatic rings. The summed E-state index contributed by atoms with van der Waals surface area (Å²) in [6, 6.07) is 9.56. The van der Waals surface area contributed by atoms with E-state index in [0.29, 0.717) is 0 Å². The summed E-state index contributed by atoms with van der Waals surface area (Å²) in [5.41, 5.74) is 0.639. The Balaban J connectivity index is 0.00000196. The van der Waals surface area contributed by atoms with Gasteiger partial charge < -0.3 is 0 Å². The fourth-order valence-corrected chi connectivity index (χ4v) is 1.51. The number of halogens is 1. The molecule has 84 valence electrons. The molecule has 0 saturated heterocycles. The normalized spacial score (nSPS) is 10.6. The minimum atomic E-state index is -0.193. The van der Waals surface area contributed by atoms with Crippen LogP contribution in [0.4, 0.5) is 0 Å². The van der Waals surface area contributed by atoms with E-state index in [9.17, 15) is 4.79 Å². The summed E-state index contributed by atoms with van der Waals surface area (Å²) < 4.78 is 0. The Morgan fingerprint density at radius 3 is 2.00 bits per heavy atom. The van der Waals surface area contributed by atoms with E-state index in [2.05, 4.69) is 13.8 Å². The Morgan fingerprint density at radius 1 is 1.13 bits per heavy atom. The zero-order valence-corrected chi connectivity index (χ0v) is 10.4. The minimum Gasteiger partial charge on any atom is -0.294 e. The lowest BCUT2D eigenvalue weighted by Gasteiger charge is -2.24. The van der Waals surface area contributed by atoms with Gasteiger partial charge in [0.2, 0.25) is 0 Å². The molecule has 0 aromatic heterocycles. The Labute approximate surface area is 98.3 Å². The summed E-state index contributed by atoms with van der Waals surface area (Å²) in [6.45, 7) is 6.19. The summed E-state index contributed by atoms with van der Waals surface area (Å²) in [5.74, 6) is 0.267. The monoisotopic (exact) mass is 226 g/mol. The van der Waals surface area contributed by atoms with E-state index in [1.807, 2.05) is 37.3 Å². The van der Waals surface area contributed by atoms with E-state index in [1.54, 1.807) is 0 Å². The molecular weight excluding hydrogens is 208 g/mol. The second-order valence-electron chi connectivity index (χ2n) is 3.96. The molecule has 0 spiro atoms. The van der Waals surface area contributed by atoms with Gasteiger partial charge in [0.1, 0.15) is 0 Å². The largest absolute Gasteiger partial charge is 0.294 e. The molecule has 1 aromatic rings. The summed E-state index contributed by atoms with van der Waals surface area (Å²) in [7, 11) is 0. The van der Waals surface area contributed by atoms with Gasteiger partial charge >= 0.3 is 0 Å². The van der Waals surface area contributed by atoms with Crippen molar-refractivity contribution in [3.63, 3.8) is 0 Å². The number of benzene rings is 1. The Morgan fingerprint density at radius 2 is 1.60 bits per heavy atom.